The highest BCUT2D eigenvalue weighted by Crippen LogP contribution is 2.28. The monoisotopic (exact) mass is 268 g/mol. The summed E-state index contributed by atoms with van der Waals surface area (Å²) in [6.45, 7) is 1.81. The second-order valence-electron chi connectivity index (χ2n) is 4.48. The highest BCUT2D eigenvalue weighted by atomic mass is 35.5. The van der Waals surface area contributed by atoms with Gasteiger partial charge in [-0.05, 0) is 30.9 Å². The summed E-state index contributed by atoms with van der Waals surface area (Å²) < 4.78 is 5.43. The van der Waals surface area contributed by atoms with Crippen LogP contribution in [0.15, 0.2) is 18.2 Å². The first kappa shape index (κ1) is 13.2. The number of halogens is 1. The first-order valence-corrected chi connectivity index (χ1v) is 6.46. The predicted molar refractivity (Wildman–Crippen MR) is 71.7 cm³/mol. The van der Waals surface area contributed by atoms with Gasteiger partial charge in [0.15, 0.2) is 0 Å². The molecule has 1 amide bonds. The van der Waals surface area contributed by atoms with Crippen LogP contribution in [0.1, 0.15) is 23.2 Å². The van der Waals surface area contributed by atoms with Crippen molar-refractivity contribution < 1.29 is 9.53 Å². The molecule has 0 saturated heterocycles. The predicted octanol–water partition coefficient (Wildman–Crippen LogP) is 2.08. The summed E-state index contributed by atoms with van der Waals surface area (Å²) in [5, 5.41) is 3.06. The number of anilines is 1. The Morgan fingerprint density at radius 3 is 3.00 bits per heavy atom. The molecule has 0 bridgehead atoms. The largest absolute Gasteiger partial charge is 0.398 e. The third-order valence-electron chi connectivity index (χ3n) is 2.86. The number of nitrogens with one attached hydrogen (secondary N) is 1. The van der Waals surface area contributed by atoms with E-state index >= 15 is 0 Å². The van der Waals surface area contributed by atoms with Crippen LogP contribution in [0, 0.1) is 5.92 Å². The molecule has 18 heavy (non-hydrogen) atoms. The van der Waals surface area contributed by atoms with Crippen molar-refractivity contribution in [1.29, 1.82) is 0 Å². The third-order valence-corrected chi connectivity index (χ3v) is 3.28. The second-order valence-corrected chi connectivity index (χ2v) is 4.86. The molecule has 3 N–H and O–H groups in total. The summed E-state index contributed by atoms with van der Waals surface area (Å²) in [5.74, 6) is 0.520. The molecule has 1 aliphatic carbocycles. The lowest BCUT2D eigenvalue weighted by Gasteiger charge is -2.08. The Hall–Kier alpha value is -1.26. The van der Waals surface area contributed by atoms with Crippen molar-refractivity contribution in [1.82, 2.24) is 5.32 Å². The standard InChI is InChI=1S/C13H17ClN2O2/c14-12-10(2-1-3-11(12)15)13(17)16-6-7-18-8-9-4-5-9/h1-3,9H,4-8,15H2,(H,16,17). The molecular formula is C13H17ClN2O2. The number of nitrogen functional groups attached to an aromatic ring is 1. The number of ether oxygens (including phenoxy) is 1. The normalized spacial score (nSPS) is 14.5. The van der Waals surface area contributed by atoms with Gasteiger partial charge in [-0.1, -0.05) is 17.7 Å². The van der Waals surface area contributed by atoms with Crippen molar-refractivity contribution in [2.75, 3.05) is 25.5 Å². The molecule has 98 valence electrons. The summed E-state index contributed by atoms with van der Waals surface area (Å²) in [7, 11) is 0. The van der Waals surface area contributed by atoms with E-state index in [9.17, 15) is 4.79 Å². The molecule has 0 unspecified atom stereocenters. The molecule has 0 aromatic heterocycles. The van der Waals surface area contributed by atoms with Gasteiger partial charge in [0.2, 0.25) is 0 Å². The lowest BCUT2D eigenvalue weighted by molar-refractivity contribution is 0.0906. The van der Waals surface area contributed by atoms with Crippen LogP contribution in [-0.4, -0.2) is 25.7 Å². The Balaban J connectivity index is 1.74. The number of carbonyl (C=O) groups is 1. The second kappa shape index (κ2) is 6.07. The van der Waals surface area contributed by atoms with Gasteiger partial charge in [0.05, 0.1) is 22.9 Å². The fourth-order valence-electron chi connectivity index (χ4n) is 1.59. The molecule has 1 saturated carbocycles. The molecule has 5 heteroatoms. The van der Waals surface area contributed by atoms with Gasteiger partial charge >= 0.3 is 0 Å². The fraction of sp³-hybridized carbons (Fsp3) is 0.462. The average molecular weight is 269 g/mol. The Morgan fingerprint density at radius 1 is 1.50 bits per heavy atom. The van der Waals surface area contributed by atoms with Crippen LogP contribution >= 0.6 is 11.6 Å². The van der Waals surface area contributed by atoms with E-state index in [0.717, 1.165) is 12.5 Å². The van der Waals surface area contributed by atoms with E-state index in [1.165, 1.54) is 12.8 Å². The van der Waals surface area contributed by atoms with Gasteiger partial charge in [0, 0.05) is 13.2 Å². The SMILES string of the molecule is Nc1cccc(C(=O)NCCOCC2CC2)c1Cl. The van der Waals surface area contributed by atoms with Gasteiger partial charge in [0.1, 0.15) is 0 Å². The Bertz CT molecular complexity index is 433. The molecular weight excluding hydrogens is 252 g/mol. The molecule has 0 spiro atoms. The van der Waals surface area contributed by atoms with Gasteiger partial charge in [-0.3, -0.25) is 4.79 Å². The summed E-state index contributed by atoms with van der Waals surface area (Å²) >= 11 is 5.96. The quantitative estimate of drug-likeness (QED) is 0.613. The maximum absolute atomic E-state index is 11.8. The van der Waals surface area contributed by atoms with E-state index in [4.69, 9.17) is 22.1 Å². The maximum Gasteiger partial charge on any atom is 0.252 e. The first-order chi connectivity index (χ1) is 8.68. The molecule has 1 aromatic carbocycles. The zero-order valence-corrected chi connectivity index (χ0v) is 10.9. The molecule has 0 radical (unpaired) electrons. The van der Waals surface area contributed by atoms with Crippen LogP contribution in [0.3, 0.4) is 0 Å². The summed E-state index contributed by atoms with van der Waals surface area (Å²) in [6.07, 6.45) is 2.54. The number of hydrogen-bond donors (Lipinski definition) is 2. The number of nitrogens with two attached hydrogens (primary N) is 1. The van der Waals surface area contributed by atoms with Crippen LogP contribution in [0.25, 0.3) is 0 Å². The van der Waals surface area contributed by atoms with Crippen molar-refractivity contribution in [3.05, 3.63) is 28.8 Å². The highest BCUT2D eigenvalue weighted by Gasteiger charge is 2.20. The molecule has 0 heterocycles. The van der Waals surface area contributed by atoms with Crippen LogP contribution < -0.4 is 11.1 Å². The van der Waals surface area contributed by atoms with Crippen molar-refractivity contribution in [2.45, 2.75) is 12.8 Å². The summed E-state index contributed by atoms with van der Waals surface area (Å²) in [4.78, 5) is 11.8. The number of amides is 1. The Kier molecular flexibility index (Phi) is 4.44. The zero-order chi connectivity index (χ0) is 13.0. The van der Waals surface area contributed by atoms with Crippen molar-refractivity contribution in [3.8, 4) is 0 Å². The molecule has 1 aliphatic rings. The van der Waals surface area contributed by atoms with Gasteiger partial charge in [0.25, 0.3) is 5.91 Å². The van der Waals surface area contributed by atoms with E-state index in [2.05, 4.69) is 5.32 Å². The van der Waals surface area contributed by atoms with Crippen LogP contribution in [0.2, 0.25) is 5.02 Å². The molecule has 0 atom stereocenters. The minimum absolute atomic E-state index is 0.220. The van der Waals surface area contributed by atoms with Gasteiger partial charge in [-0.2, -0.15) is 0 Å². The number of hydrogen-bond acceptors (Lipinski definition) is 3. The maximum atomic E-state index is 11.8. The van der Waals surface area contributed by atoms with Crippen molar-refractivity contribution in [2.24, 2.45) is 5.92 Å². The number of benzene rings is 1. The molecule has 1 fully saturated rings. The topological polar surface area (TPSA) is 64.4 Å². The third kappa shape index (κ3) is 3.62. The van der Waals surface area contributed by atoms with Crippen LogP contribution in [-0.2, 0) is 4.74 Å². The minimum Gasteiger partial charge on any atom is -0.398 e. The van der Waals surface area contributed by atoms with E-state index in [1.54, 1.807) is 18.2 Å². The van der Waals surface area contributed by atoms with Crippen molar-refractivity contribution >= 4 is 23.2 Å². The first-order valence-electron chi connectivity index (χ1n) is 6.08. The Morgan fingerprint density at radius 2 is 2.28 bits per heavy atom. The van der Waals surface area contributed by atoms with E-state index in [1.807, 2.05) is 0 Å². The number of carbonyl (C=O) groups excluding carboxylic acids is 1. The molecule has 1 aromatic rings. The van der Waals surface area contributed by atoms with Gasteiger partial charge in [-0.25, -0.2) is 0 Å². The number of rotatable bonds is 6. The lowest BCUT2D eigenvalue weighted by Crippen LogP contribution is -2.27. The van der Waals surface area contributed by atoms with E-state index in [-0.39, 0.29) is 5.91 Å². The van der Waals surface area contributed by atoms with E-state index in [0.29, 0.717) is 29.4 Å². The summed E-state index contributed by atoms with van der Waals surface area (Å²) in [5.41, 5.74) is 6.45. The average Bonchev–Trinajstić information content (AvgIpc) is 3.16. The van der Waals surface area contributed by atoms with Crippen molar-refractivity contribution in [3.63, 3.8) is 0 Å². The molecule has 2 rings (SSSR count). The smallest absolute Gasteiger partial charge is 0.252 e. The molecule has 0 aliphatic heterocycles. The lowest BCUT2D eigenvalue weighted by atomic mass is 10.2. The zero-order valence-electron chi connectivity index (χ0n) is 10.1. The highest BCUT2D eigenvalue weighted by molar-refractivity contribution is 6.36. The molecule has 4 nitrogen and oxygen atoms in total. The summed E-state index contributed by atoms with van der Waals surface area (Å²) in [6, 6.07) is 5.02. The van der Waals surface area contributed by atoms with Crippen LogP contribution in [0.4, 0.5) is 5.69 Å². The minimum atomic E-state index is -0.220. The van der Waals surface area contributed by atoms with Gasteiger partial charge in [-0.15, -0.1) is 0 Å². The fourth-order valence-corrected chi connectivity index (χ4v) is 1.80. The van der Waals surface area contributed by atoms with Gasteiger partial charge < -0.3 is 15.8 Å². The Labute approximate surface area is 111 Å². The van der Waals surface area contributed by atoms with Crippen LogP contribution in [0.5, 0.6) is 0 Å². The van der Waals surface area contributed by atoms with E-state index < -0.39 is 0 Å².